The van der Waals surface area contributed by atoms with Crippen LogP contribution in [0, 0.1) is 12.8 Å². The van der Waals surface area contributed by atoms with Crippen LogP contribution in [0.15, 0.2) is 47.5 Å². The number of carbonyl (C=O) groups is 3. The summed E-state index contributed by atoms with van der Waals surface area (Å²) in [7, 11) is 0. The number of aryl methyl sites for hydroxylation is 1. The molecule has 14 heteroatoms. The predicted octanol–water partition coefficient (Wildman–Crippen LogP) is 4.89. The number of hydrogen-bond acceptors (Lipinski definition) is 9. The maximum atomic E-state index is 13.7. The summed E-state index contributed by atoms with van der Waals surface area (Å²) >= 11 is 0.818. The van der Waals surface area contributed by atoms with E-state index in [-0.39, 0.29) is 34.2 Å². The lowest BCUT2D eigenvalue weighted by atomic mass is 9.96. The van der Waals surface area contributed by atoms with Crippen molar-refractivity contribution in [2.24, 2.45) is 5.92 Å². The van der Waals surface area contributed by atoms with E-state index in [9.17, 15) is 32.7 Å². The Morgan fingerprint density at radius 1 is 1.16 bits per heavy atom. The average Bonchev–Trinajstić information content (AvgIpc) is 3.28. The normalized spacial score (nSPS) is 17.0. The van der Waals surface area contributed by atoms with Crippen LogP contribution in [-0.2, 0) is 17.5 Å². The first-order valence-corrected chi connectivity index (χ1v) is 14.2. The van der Waals surface area contributed by atoms with Crippen molar-refractivity contribution in [1.82, 2.24) is 25.6 Å². The van der Waals surface area contributed by atoms with Crippen molar-refractivity contribution >= 4 is 40.9 Å². The largest absolute Gasteiger partial charge is 0.478 e. The first-order chi connectivity index (χ1) is 20.5. The molecule has 0 saturated carbocycles. The molecule has 2 aromatic heterocycles. The van der Waals surface area contributed by atoms with Crippen molar-refractivity contribution in [2.45, 2.75) is 32.5 Å². The maximum absolute atomic E-state index is 13.7. The third kappa shape index (κ3) is 7.38. The van der Waals surface area contributed by atoms with Crippen LogP contribution in [0.3, 0.4) is 0 Å². The number of nitrogens with one attached hydrogen (secondary N) is 2. The van der Waals surface area contributed by atoms with Gasteiger partial charge in [0.2, 0.25) is 5.95 Å². The van der Waals surface area contributed by atoms with E-state index in [0.717, 1.165) is 30.7 Å². The molecule has 2 saturated heterocycles. The monoisotopic (exact) mass is 612 g/mol. The Balaban J connectivity index is 1.21. The standard InChI is InChI=1S/C29H27F3N6O4S/c1-16-2-3-20(26(40)41)21(10-16)22-11-18(12-24(36-22)29(30,31)32)15-33-14-17-5-8-38(9-6-17)27-34-7-4-19(35-27)13-23-25(39)37-28(42)43-23/h2-4,7,10-13,17,33H,5-6,8-9,14-15H2,1H3,(H,40,41)(H,37,39,42). The number of carboxylic acids is 1. The van der Waals surface area contributed by atoms with Gasteiger partial charge in [-0.3, -0.25) is 14.9 Å². The van der Waals surface area contributed by atoms with Gasteiger partial charge in [-0.05, 0) is 86.0 Å². The Hall–Kier alpha value is -4.30. The number of imide groups is 1. The number of benzene rings is 1. The van der Waals surface area contributed by atoms with E-state index in [1.165, 1.54) is 18.2 Å². The van der Waals surface area contributed by atoms with Crippen LogP contribution in [0.1, 0.15) is 45.7 Å². The zero-order valence-electron chi connectivity index (χ0n) is 22.9. The van der Waals surface area contributed by atoms with Crippen LogP contribution >= 0.6 is 11.8 Å². The van der Waals surface area contributed by atoms with Crippen molar-refractivity contribution in [3.63, 3.8) is 0 Å². The number of rotatable bonds is 8. The number of amides is 2. The molecule has 0 bridgehead atoms. The zero-order chi connectivity index (χ0) is 30.7. The van der Waals surface area contributed by atoms with E-state index < -0.39 is 29.0 Å². The molecular formula is C29H27F3N6O4S. The molecule has 4 heterocycles. The highest BCUT2D eigenvalue weighted by Crippen LogP contribution is 2.32. The SMILES string of the molecule is Cc1ccc(C(=O)O)c(-c2cc(CNCC3CCN(c4nccc(C=C5SC(=O)NC5=O)n4)CC3)cc(C(F)(F)F)n2)c1. The topological polar surface area (TPSA) is 137 Å². The Bertz CT molecular complexity index is 1610. The number of thioether (sulfide) groups is 1. The molecule has 0 atom stereocenters. The second-order valence-electron chi connectivity index (χ2n) is 10.3. The Morgan fingerprint density at radius 2 is 1.93 bits per heavy atom. The number of hydrogen-bond donors (Lipinski definition) is 3. The van der Waals surface area contributed by atoms with Crippen LogP contribution in [-0.4, -0.2) is 56.8 Å². The summed E-state index contributed by atoms with van der Waals surface area (Å²) in [6, 6.07) is 8.62. The van der Waals surface area contributed by atoms with Gasteiger partial charge in [0.05, 0.1) is 21.9 Å². The van der Waals surface area contributed by atoms with Gasteiger partial charge >= 0.3 is 12.1 Å². The van der Waals surface area contributed by atoms with Gasteiger partial charge in [0.25, 0.3) is 11.1 Å². The van der Waals surface area contributed by atoms with Crippen molar-refractivity contribution in [3.05, 3.63) is 75.6 Å². The van der Waals surface area contributed by atoms with Crippen molar-refractivity contribution in [3.8, 4) is 11.3 Å². The lowest BCUT2D eigenvalue weighted by Crippen LogP contribution is -2.38. The molecule has 3 aromatic rings. The van der Waals surface area contributed by atoms with E-state index in [2.05, 4.69) is 25.6 Å². The fourth-order valence-corrected chi connectivity index (χ4v) is 5.60. The quantitative estimate of drug-likeness (QED) is 0.302. The molecule has 2 amide bonds. The van der Waals surface area contributed by atoms with E-state index in [1.54, 1.807) is 31.3 Å². The van der Waals surface area contributed by atoms with E-state index in [1.807, 2.05) is 4.90 Å². The molecule has 0 aliphatic carbocycles. The number of alkyl halides is 3. The molecule has 2 aliphatic heterocycles. The van der Waals surface area contributed by atoms with Crippen molar-refractivity contribution < 1.29 is 32.7 Å². The second-order valence-corrected chi connectivity index (χ2v) is 11.3. The minimum atomic E-state index is -4.69. The lowest BCUT2D eigenvalue weighted by Gasteiger charge is -2.32. The molecule has 2 aliphatic rings. The summed E-state index contributed by atoms with van der Waals surface area (Å²) in [6.07, 6.45) is 0.0452. The number of aromatic carboxylic acids is 1. The van der Waals surface area contributed by atoms with Crippen LogP contribution < -0.4 is 15.5 Å². The molecule has 1 aromatic carbocycles. The summed E-state index contributed by atoms with van der Waals surface area (Å²) in [5.41, 5.74) is 0.457. The number of halogens is 3. The second kappa shape index (κ2) is 12.5. The van der Waals surface area contributed by atoms with Crippen molar-refractivity contribution in [2.75, 3.05) is 24.5 Å². The van der Waals surface area contributed by atoms with Gasteiger partial charge in [0, 0.05) is 31.4 Å². The fraction of sp³-hybridized carbons (Fsp3) is 0.310. The maximum Gasteiger partial charge on any atom is 0.433 e. The van der Waals surface area contributed by atoms with E-state index >= 15 is 0 Å². The average molecular weight is 613 g/mol. The Kier molecular flexibility index (Phi) is 8.78. The molecule has 0 unspecified atom stereocenters. The molecule has 10 nitrogen and oxygen atoms in total. The van der Waals surface area contributed by atoms with Crippen LogP contribution in [0.25, 0.3) is 17.3 Å². The van der Waals surface area contributed by atoms with Gasteiger partial charge in [-0.25, -0.2) is 19.7 Å². The zero-order valence-corrected chi connectivity index (χ0v) is 23.8. The highest BCUT2D eigenvalue weighted by molar-refractivity contribution is 8.18. The van der Waals surface area contributed by atoms with E-state index in [4.69, 9.17) is 0 Å². The molecule has 2 fully saturated rings. The number of carbonyl (C=O) groups excluding carboxylic acids is 2. The number of piperidine rings is 1. The molecule has 43 heavy (non-hydrogen) atoms. The number of pyridine rings is 1. The van der Waals surface area contributed by atoms with Crippen LogP contribution in [0.4, 0.5) is 23.9 Å². The number of anilines is 1. The molecule has 3 N–H and O–H groups in total. The minimum absolute atomic E-state index is 0.0438. The molecular weight excluding hydrogens is 585 g/mol. The van der Waals surface area contributed by atoms with Gasteiger partial charge < -0.3 is 15.3 Å². The third-order valence-electron chi connectivity index (χ3n) is 7.10. The van der Waals surface area contributed by atoms with Crippen molar-refractivity contribution in [1.29, 1.82) is 0 Å². The first-order valence-electron chi connectivity index (χ1n) is 13.4. The fourth-order valence-electron chi connectivity index (χ4n) is 4.94. The summed E-state index contributed by atoms with van der Waals surface area (Å²) in [5.74, 6) is -0.923. The highest BCUT2D eigenvalue weighted by atomic mass is 32.2. The summed E-state index contributed by atoms with van der Waals surface area (Å²) in [5, 5.41) is 14.6. The Morgan fingerprint density at radius 3 is 2.60 bits per heavy atom. The predicted molar refractivity (Wildman–Crippen MR) is 154 cm³/mol. The summed E-state index contributed by atoms with van der Waals surface area (Å²) < 4.78 is 41.1. The van der Waals surface area contributed by atoms with Crippen LogP contribution in [0.2, 0.25) is 0 Å². The van der Waals surface area contributed by atoms with Gasteiger partial charge in [-0.1, -0.05) is 11.6 Å². The number of nitrogens with zero attached hydrogens (tertiary/aromatic N) is 4. The van der Waals surface area contributed by atoms with Gasteiger partial charge in [-0.15, -0.1) is 0 Å². The molecule has 5 rings (SSSR count). The smallest absolute Gasteiger partial charge is 0.433 e. The summed E-state index contributed by atoms with van der Waals surface area (Å²) in [6.45, 7) is 3.80. The number of aromatic nitrogens is 3. The lowest BCUT2D eigenvalue weighted by molar-refractivity contribution is -0.141. The minimum Gasteiger partial charge on any atom is -0.478 e. The molecule has 224 valence electrons. The Labute approximate surface area is 248 Å². The van der Waals surface area contributed by atoms with Gasteiger partial charge in [0.15, 0.2) is 0 Å². The van der Waals surface area contributed by atoms with E-state index in [0.29, 0.717) is 42.4 Å². The molecule has 0 spiro atoms. The van der Waals surface area contributed by atoms with Gasteiger partial charge in [0.1, 0.15) is 5.69 Å². The first kappa shape index (κ1) is 30.2. The molecule has 0 radical (unpaired) electrons. The van der Waals surface area contributed by atoms with Gasteiger partial charge in [-0.2, -0.15) is 13.2 Å². The van der Waals surface area contributed by atoms with Crippen LogP contribution in [0.5, 0.6) is 0 Å². The third-order valence-corrected chi connectivity index (χ3v) is 7.91. The summed E-state index contributed by atoms with van der Waals surface area (Å²) in [4.78, 5) is 49.9. The highest BCUT2D eigenvalue weighted by Gasteiger charge is 2.34. The number of carboxylic acid groups (broad SMARTS) is 1.